The van der Waals surface area contributed by atoms with Crippen LogP contribution in [0, 0.1) is 17.5 Å². The number of hydrogen-bond acceptors (Lipinski definition) is 6. The smallest absolute Gasteiger partial charge is 0.138 e. The van der Waals surface area contributed by atoms with Gasteiger partial charge < -0.3 is 9.84 Å². The molecular formula is C21H19F3N6O2. The predicted octanol–water partition coefficient (Wildman–Crippen LogP) is 2.77. The van der Waals surface area contributed by atoms with Crippen LogP contribution in [0.25, 0.3) is 5.69 Å². The highest BCUT2D eigenvalue weighted by Gasteiger charge is 2.40. The van der Waals surface area contributed by atoms with Gasteiger partial charge in [-0.1, -0.05) is 11.3 Å². The third-order valence-corrected chi connectivity index (χ3v) is 5.05. The molecule has 0 saturated carbocycles. The van der Waals surface area contributed by atoms with Gasteiger partial charge in [0.05, 0.1) is 31.1 Å². The second-order valence-electron chi connectivity index (χ2n) is 7.23. The average molecular weight is 444 g/mol. The van der Waals surface area contributed by atoms with Crippen molar-refractivity contribution < 1.29 is 23.0 Å². The highest BCUT2D eigenvalue weighted by Crippen LogP contribution is 2.32. The minimum atomic E-state index is -1.89. The number of ether oxygens (including phenoxy) is 1. The fraction of sp³-hybridized carbons (Fsp3) is 0.238. The predicted molar refractivity (Wildman–Crippen MR) is 106 cm³/mol. The van der Waals surface area contributed by atoms with E-state index in [2.05, 4.69) is 20.4 Å². The van der Waals surface area contributed by atoms with E-state index in [1.165, 1.54) is 40.2 Å². The lowest BCUT2D eigenvalue weighted by molar-refractivity contribution is -0.124. The molecule has 4 aromatic rings. The lowest BCUT2D eigenvalue weighted by atomic mass is 9.88. The van der Waals surface area contributed by atoms with Gasteiger partial charge >= 0.3 is 0 Å². The molecule has 2 aromatic carbocycles. The van der Waals surface area contributed by atoms with Crippen LogP contribution in [0.5, 0.6) is 0 Å². The van der Waals surface area contributed by atoms with Gasteiger partial charge in [0.1, 0.15) is 41.4 Å². The molecule has 2 aromatic heterocycles. The Bertz CT molecular complexity index is 1180. The van der Waals surface area contributed by atoms with Gasteiger partial charge in [-0.2, -0.15) is 5.10 Å². The lowest BCUT2D eigenvalue weighted by Gasteiger charge is -2.34. The monoisotopic (exact) mass is 444 g/mol. The normalized spacial score (nSPS) is 14.3. The van der Waals surface area contributed by atoms with Crippen molar-refractivity contribution in [3.8, 4) is 5.69 Å². The first-order chi connectivity index (χ1) is 15.3. The summed E-state index contributed by atoms with van der Waals surface area (Å²) in [6.07, 6.45) is 3.28. The van der Waals surface area contributed by atoms with Gasteiger partial charge in [0.2, 0.25) is 0 Å². The first-order valence-corrected chi connectivity index (χ1v) is 9.64. The first-order valence-electron chi connectivity index (χ1n) is 9.64. The van der Waals surface area contributed by atoms with Crippen molar-refractivity contribution in [3.05, 3.63) is 90.0 Å². The maximum Gasteiger partial charge on any atom is 0.138 e. The van der Waals surface area contributed by atoms with Crippen LogP contribution in [-0.2, 0) is 23.5 Å². The minimum Gasteiger partial charge on any atom is -0.380 e. The van der Waals surface area contributed by atoms with E-state index in [0.717, 1.165) is 6.07 Å². The maximum atomic E-state index is 14.6. The third-order valence-electron chi connectivity index (χ3n) is 5.05. The summed E-state index contributed by atoms with van der Waals surface area (Å²) >= 11 is 0. The van der Waals surface area contributed by atoms with Crippen LogP contribution in [0.3, 0.4) is 0 Å². The van der Waals surface area contributed by atoms with Crippen LogP contribution in [-0.4, -0.2) is 41.0 Å². The molecule has 0 aliphatic heterocycles. The Morgan fingerprint density at radius 1 is 1.09 bits per heavy atom. The molecule has 0 amide bonds. The summed E-state index contributed by atoms with van der Waals surface area (Å²) in [6.45, 7) is 1.33. The average Bonchev–Trinajstić information content (AvgIpc) is 3.44. The van der Waals surface area contributed by atoms with Gasteiger partial charge in [-0.05, 0) is 37.3 Å². The van der Waals surface area contributed by atoms with E-state index in [9.17, 15) is 18.3 Å². The molecule has 0 radical (unpaired) electrons. The molecule has 0 fully saturated rings. The minimum absolute atomic E-state index is 0.0508. The molecule has 1 N–H and O–H groups in total. The van der Waals surface area contributed by atoms with E-state index >= 15 is 0 Å². The van der Waals surface area contributed by atoms with E-state index in [-0.39, 0.29) is 24.5 Å². The zero-order chi connectivity index (χ0) is 22.7. The third kappa shape index (κ3) is 4.53. The lowest BCUT2D eigenvalue weighted by Crippen LogP contribution is -2.44. The van der Waals surface area contributed by atoms with Crippen LogP contribution in [0.15, 0.2) is 61.3 Å². The summed E-state index contributed by atoms with van der Waals surface area (Å²) in [5.74, 6) is -2.04. The van der Waals surface area contributed by atoms with Gasteiger partial charge in [-0.15, -0.1) is 5.10 Å². The largest absolute Gasteiger partial charge is 0.380 e. The highest BCUT2D eigenvalue weighted by atomic mass is 19.1. The number of benzene rings is 2. The van der Waals surface area contributed by atoms with Crippen molar-refractivity contribution in [1.82, 2.24) is 29.8 Å². The summed E-state index contributed by atoms with van der Waals surface area (Å²) in [6, 6.07) is 8.63. The number of aromatic nitrogens is 6. The molecule has 0 spiro atoms. The Hall–Kier alpha value is -3.57. The number of halogens is 3. The van der Waals surface area contributed by atoms with E-state index < -0.39 is 23.3 Å². The molecule has 0 saturated heterocycles. The molecule has 8 nitrogen and oxygen atoms in total. The van der Waals surface area contributed by atoms with Crippen LogP contribution < -0.4 is 0 Å². The van der Waals surface area contributed by atoms with Gasteiger partial charge in [0.25, 0.3) is 0 Å². The van der Waals surface area contributed by atoms with Crippen LogP contribution in [0.2, 0.25) is 0 Å². The van der Waals surface area contributed by atoms with Crippen molar-refractivity contribution in [2.24, 2.45) is 0 Å². The van der Waals surface area contributed by atoms with E-state index in [1.54, 1.807) is 25.3 Å². The van der Waals surface area contributed by atoms with Crippen molar-refractivity contribution in [1.29, 1.82) is 0 Å². The van der Waals surface area contributed by atoms with Crippen molar-refractivity contribution in [3.63, 3.8) is 0 Å². The Balaban J connectivity index is 1.54. The number of rotatable bonds is 8. The van der Waals surface area contributed by atoms with Crippen LogP contribution in [0.4, 0.5) is 13.2 Å². The Morgan fingerprint density at radius 3 is 2.53 bits per heavy atom. The van der Waals surface area contributed by atoms with Gasteiger partial charge in [-0.3, -0.25) is 0 Å². The highest BCUT2D eigenvalue weighted by molar-refractivity contribution is 5.30. The molecule has 2 heterocycles. The van der Waals surface area contributed by atoms with Crippen molar-refractivity contribution in [2.45, 2.75) is 31.8 Å². The first kappa shape index (κ1) is 21.7. The summed E-state index contributed by atoms with van der Waals surface area (Å²) < 4.78 is 49.7. The fourth-order valence-corrected chi connectivity index (χ4v) is 3.27. The van der Waals surface area contributed by atoms with E-state index in [4.69, 9.17) is 4.74 Å². The van der Waals surface area contributed by atoms with E-state index in [0.29, 0.717) is 17.4 Å². The molecule has 166 valence electrons. The molecule has 11 heteroatoms. The number of aliphatic hydroxyl groups is 1. The molecule has 0 unspecified atom stereocenters. The second-order valence-corrected chi connectivity index (χ2v) is 7.23. The molecule has 0 bridgehead atoms. The van der Waals surface area contributed by atoms with E-state index in [1.807, 2.05) is 0 Å². The van der Waals surface area contributed by atoms with Crippen molar-refractivity contribution >= 4 is 0 Å². The standard InChI is InChI=1S/C21H19F3N6O2/c1-14(32-10-17-9-30(28-27-17)18-5-2-15(22)3-6-18)21(31,11-29-13-25-12-26-29)19-7-4-16(23)8-20(19)24/h2-9,12-14,31H,10-11H2,1H3/t14-,21-/m1/s1. The van der Waals surface area contributed by atoms with Gasteiger partial charge in [0.15, 0.2) is 0 Å². The number of hydrogen-bond donors (Lipinski definition) is 1. The zero-order valence-electron chi connectivity index (χ0n) is 16.9. The quantitative estimate of drug-likeness (QED) is 0.450. The van der Waals surface area contributed by atoms with Crippen LogP contribution >= 0.6 is 0 Å². The second kappa shape index (κ2) is 8.89. The fourth-order valence-electron chi connectivity index (χ4n) is 3.27. The number of nitrogens with zero attached hydrogens (tertiary/aromatic N) is 6. The summed E-state index contributed by atoms with van der Waals surface area (Å²) in [5, 5.41) is 23.4. The topological polar surface area (TPSA) is 90.9 Å². The maximum absolute atomic E-state index is 14.6. The summed E-state index contributed by atoms with van der Waals surface area (Å²) in [7, 11) is 0. The zero-order valence-corrected chi connectivity index (χ0v) is 16.9. The SMILES string of the molecule is C[C@@H](OCc1cn(-c2ccc(F)cc2)nn1)[C@](O)(Cn1cncn1)c1ccc(F)cc1F. The summed E-state index contributed by atoms with van der Waals surface area (Å²) in [5.41, 5.74) is -0.992. The van der Waals surface area contributed by atoms with Crippen LogP contribution in [0.1, 0.15) is 18.2 Å². The molecule has 2 atom stereocenters. The Kier molecular flexibility index (Phi) is 6.01. The van der Waals surface area contributed by atoms with Gasteiger partial charge in [0, 0.05) is 11.6 Å². The summed E-state index contributed by atoms with van der Waals surface area (Å²) in [4.78, 5) is 3.83. The molecule has 0 aliphatic rings. The molecule has 32 heavy (non-hydrogen) atoms. The molecule has 4 rings (SSSR count). The van der Waals surface area contributed by atoms with Crippen molar-refractivity contribution in [2.75, 3.05) is 0 Å². The molecule has 0 aliphatic carbocycles. The molecular weight excluding hydrogens is 425 g/mol. The Morgan fingerprint density at radius 2 is 1.84 bits per heavy atom. The Labute approximate surface area is 180 Å². The van der Waals surface area contributed by atoms with Gasteiger partial charge in [-0.25, -0.2) is 27.5 Å².